The summed E-state index contributed by atoms with van der Waals surface area (Å²) in [7, 11) is 1.28. The van der Waals surface area contributed by atoms with Gasteiger partial charge in [-0.15, -0.1) is 0 Å². The highest BCUT2D eigenvalue weighted by Gasteiger charge is 2.38. The van der Waals surface area contributed by atoms with Gasteiger partial charge < -0.3 is 15.4 Å². The van der Waals surface area contributed by atoms with Gasteiger partial charge in [0.2, 0.25) is 5.91 Å². The standard InChI is InChI=1S/C12H24N2O3/c1-6-7-8-13-10(15)12(4,9(2)3)14-11(16)17-5/h9H,6-8H2,1-5H3,(H,13,15)(H,14,16)/t12-/m1/s1. The summed E-state index contributed by atoms with van der Waals surface area (Å²) in [5.74, 6) is -0.199. The minimum atomic E-state index is -0.944. The quantitative estimate of drug-likeness (QED) is 0.698. The predicted octanol–water partition coefficient (Wildman–Crippen LogP) is 1.67. The topological polar surface area (TPSA) is 67.4 Å². The smallest absolute Gasteiger partial charge is 0.407 e. The summed E-state index contributed by atoms with van der Waals surface area (Å²) in [6.07, 6.45) is 1.35. The van der Waals surface area contributed by atoms with E-state index in [9.17, 15) is 9.59 Å². The Hall–Kier alpha value is -1.26. The molecule has 0 saturated carbocycles. The summed E-state index contributed by atoms with van der Waals surface area (Å²) in [4.78, 5) is 23.3. The van der Waals surface area contributed by atoms with Crippen LogP contribution >= 0.6 is 0 Å². The number of alkyl carbamates (subject to hydrolysis) is 1. The van der Waals surface area contributed by atoms with Crippen molar-refractivity contribution in [2.75, 3.05) is 13.7 Å². The molecule has 1 atom stereocenters. The van der Waals surface area contributed by atoms with Crippen LogP contribution in [-0.4, -0.2) is 31.2 Å². The first kappa shape index (κ1) is 15.7. The van der Waals surface area contributed by atoms with Crippen molar-refractivity contribution in [3.05, 3.63) is 0 Å². The Morgan fingerprint density at radius 2 is 1.94 bits per heavy atom. The first-order valence-electron chi connectivity index (χ1n) is 6.02. The van der Waals surface area contributed by atoms with Gasteiger partial charge in [-0.1, -0.05) is 27.2 Å². The number of carbonyl (C=O) groups excluding carboxylic acids is 2. The molecule has 0 aromatic rings. The van der Waals surface area contributed by atoms with E-state index in [2.05, 4.69) is 22.3 Å². The molecule has 0 aliphatic rings. The summed E-state index contributed by atoms with van der Waals surface area (Å²) < 4.78 is 4.54. The van der Waals surface area contributed by atoms with Crippen molar-refractivity contribution in [1.82, 2.24) is 10.6 Å². The number of rotatable bonds is 6. The Balaban J connectivity index is 4.58. The highest BCUT2D eigenvalue weighted by atomic mass is 16.5. The molecule has 100 valence electrons. The van der Waals surface area contributed by atoms with Crippen molar-refractivity contribution < 1.29 is 14.3 Å². The fourth-order valence-corrected chi connectivity index (χ4v) is 1.29. The van der Waals surface area contributed by atoms with Crippen molar-refractivity contribution in [1.29, 1.82) is 0 Å². The maximum Gasteiger partial charge on any atom is 0.407 e. The largest absolute Gasteiger partial charge is 0.453 e. The first-order valence-corrected chi connectivity index (χ1v) is 6.02. The van der Waals surface area contributed by atoms with Crippen LogP contribution in [0.1, 0.15) is 40.5 Å². The molecule has 2 amide bonds. The molecule has 0 heterocycles. The van der Waals surface area contributed by atoms with Crippen LogP contribution in [0.5, 0.6) is 0 Å². The number of methoxy groups -OCH3 is 1. The highest BCUT2D eigenvalue weighted by Crippen LogP contribution is 2.17. The number of hydrogen-bond donors (Lipinski definition) is 2. The summed E-state index contributed by atoms with van der Waals surface area (Å²) in [6.45, 7) is 8.15. The maximum atomic E-state index is 12.1. The number of nitrogens with one attached hydrogen (secondary N) is 2. The number of carbonyl (C=O) groups is 2. The Labute approximate surface area is 103 Å². The molecule has 5 heteroatoms. The molecule has 0 saturated heterocycles. The van der Waals surface area contributed by atoms with Crippen LogP contribution < -0.4 is 10.6 Å². The summed E-state index contributed by atoms with van der Waals surface area (Å²) in [5.41, 5.74) is -0.944. The van der Waals surface area contributed by atoms with Crippen LogP contribution in [0.3, 0.4) is 0 Å². The van der Waals surface area contributed by atoms with Crippen molar-refractivity contribution in [3.8, 4) is 0 Å². The first-order chi connectivity index (χ1) is 7.88. The van der Waals surface area contributed by atoms with Gasteiger partial charge in [-0.05, 0) is 19.3 Å². The zero-order chi connectivity index (χ0) is 13.5. The molecule has 0 aromatic carbocycles. The van der Waals surface area contributed by atoms with Gasteiger partial charge >= 0.3 is 6.09 Å². The van der Waals surface area contributed by atoms with Crippen LogP contribution in [0.2, 0.25) is 0 Å². The molecule has 0 unspecified atom stereocenters. The molecule has 0 radical (unpaired) electrons. The zero-order valence-electron chi connectivity index (χ0n) is 11.4. The Morgan fingerprint density at radius 3 is 2.35 bits per heavy atom. The fraction of sp³-hybridized carbons (Fsp3) is 0.833. The van der Waals surface area contributed by atoms with Crippen LogP contribution in [0, 0.1) is 5.92 Å². The molecule has 0 aliphatic carbocycles. The lowest BCUT2D eigenvalue weighted by atomic mass is 9.87. The van der Waals surface area contributed by atoms with Gasteiger partial charge in [-0.2, -0.15) is 0 Å². The second kappa shape index (κ2) is 7.14. The van der Waals surface area contributed by atoms with Crippen LogP contribution in [0.4, 0.5) is 4.79 Å². The van der Waals surface area contributed by atoms with E-state index in [1.807, 2.05) is 13.8 Å². The molecule has 0 aromatic heterocycles. The summed E-state index contributed by atoms with van der Waals surface area (Å²) in [6, 6.07) is 0. The Bertz CT molecular complexity index is 266. The summed E-state index contributed by atoms with van der Waals surface area (Å²) >= 11 is 0. The van der Waals surface area contributed by atoms with Crippen LogP contribution in [0.15, 0.2) is 0 Å². The summed E-state index contributed by atoms with van der Waals surface area (Å²) in [5, 5.41) is 5.42. The van der Waals surface area contributed by atoms with Gasteiger partial charge in [0.25, 0.3) is 0 Å². The highest BCUT2D eigenvalue weighted by molar-refractivity contribution is 5.89. The molecule has 0 bridgehead atoms. The van der Waals surface area contributed by atoms with E-state index in [-0.39, 0.29) is 11.8 Å². The third-order valence-corrected chi connectivity index (χ3v) is 2.99. The molecule has 5 nitrogen and oxygen atoms in total. The van der Waals surface area contributed by atoms with Gasteiger partial charge in [0.05, 0.1) is 7.11 Å². The van der Waals surface area contributed by atoms with Crippen LogP contribution in [-0.2, 0) is 9.53 Å². The van der Waals surface area contributed by atoms with Crippen molar-refractivity contribution >= 4 is 12.0 Å². The molecule has 17 heavy (non-hydrogen) atoms. The van der Waals surface area contributed by atoms with E-state index < -0.39 is 11.6 Å². The third-order valence-electron chi connectivity index (χ3n) is 2.99. The third kappa shape index (κ3) is 4.63. The zero-order valence-corrected chi connectivity index (χ0v) is 11.4. The predicted molar refractivity (Wildman–Crippen MR) is 66.7 cm³/mol. The molecule has 0 fully saturated rings. The molecule has 2 N–H and O–H groups in total. The molecular formula is C12H24N2O3. The van der Waals surface area contributed by atoms with Crippen molar-refractivity contribution in [2.45, 2.75) is 46.1 Å². The second-order valence-electron chi connectivity index (χ2n) is 4.58. The van der Waals surface area contributed by atoms with Crippen molar-refractivity contribution in [3.63, 3.8) is 0 Å². The normalized spacial score (nSPS) is 14.0. The lowest BCUT2D eigenvalue weighted by Crippen LogP contribution is -2.60. The van der Waals surface area contributed by atoms with E-state index >= 15 is 0 Å². The molecule has 0 aliphatic heterocycles. The minimum Gasteiger partial charge on any atom is -0.453 e. The molecular weight excluding hydrogens is 220 g/mol. The second-order valence-corrected chi connectivity index (χ2v) is 4.58. The monoisotopic (exact) mass is 244 g/mol. The lowest BCUT2D eigenvalue weighted by molar-refractivity contribution is -0.128. The van der Waals surface area contributed by atoms with Crippen molar-refractivity contribution in [2.24, 2.45) is 5.92 Å². The molecule has 0 rings (SSSR count). The molecule has 0 spiro atoms. The van der Waals surface area contributed by atoms with E-state index in [1.54, 1.807) is 6.92 Å². The SMILES string of the molecule is CCCCNC(=O)[C@](C)(NC(=O)OC)C(C)C. The van der Waals surface area contributed by atoms with Gasteiger partial charge in [0.1, 0.15) is 5.54 Å². The maximum absolute atomic E-state index is 12.1. The number of amides is 2. The fourth-order valence-electron chi connectivity index (χ4n) is 1.29. The van der Waals surface area contributed by atoms with Gasteiger partial charge in [-0.3, -0.25) is 4.79 Å². The van der Waals surface area contributed by atoms with E-state index in [0.717, 1.165) is 12.8 Å². The number of unbranched alkanes of at least 4 members (excludes halogenated alkanes) is 1. The van der Waals surface area contributed by atoms with Crippen LogP contribution in [0.25, 0.3) is 0 Å². The van der Waals surface area contributed by atoms with Gasteiger partial charge in [0.15, 0.2) is 0 Å². The lowest BCUT2D eigenvalue weighted by Gasteiger charge is -2.32. The Morgan fingerprint density at radius 1 is 1.35 bits per heavy atom. The number of hydrogen-bond acceptors (Lipinski definition) is 3. The van der Waals surface area contributed by atoms with Gasteiger partial charge in [0, 0.05) is 6.54 Å². The average molecular weight is 244 g/mol. The Kier molecular flexibility index (Phi) is 6.61. The van der Waals surface area contributed by atoms with Gasteiger partial charge in [-0.25, -0.2) is 4.79 Å². The number of ether oxygens (including phenoxy) is 1. The van der Waals surface area contributed by atoms with E-state index in [1.165, 1.54) is 7.11 Å². The average Bonchev–Trinajstić information content (AvgIpc) is 2.28. The minimum absolute atomic E-state index is 0.0248. The van der Waals surface area contributed by atoms with E-state index in [0.29, 0.717) is 6.54 Å². The van der Waals surface area contributed by atoms with E-state index in [4.69, 9.17) is 0 Å².